The van der Waals surface area contributed by atoms with E-state index < -0.39 is 0 Å². The van der Waals surface area contributed by atoms with Gasteiger partial charge in [-0.1, -0.05) is 37.9 Å². The van der Waals surface area contributed by atoms with Gasteiger partial charge in [-0.3, -0.25) is 0 Å². The Bertz CT molecular complexity index is 454. The molecule has 0 amide bonds. The van der Waals surface area contributed by atoms with E-state index in [1.165, 1.54) is 18.9 Å². The normalized spacial score (nSPS) is 24.2. The summed E-state index contributed by atoms with van der Waals surface area (Å²) in [5.74, 6) is 0.139. The Kier molecular flexibility index (Phi) is 3.94. The van der Waals surface area contributed by atoms with Gasteiger partial charge in [0, 0.05) is 5.02 Å². The molecule has 1 aliphatic rings. The van der Waals surface area contributed by atoms with Crippen molar-refractivity contribution in [2.75, 3.05) is 0 Å². The second-order valence-corrected chi connectivity index (χ2v) is 6.89. The predicted octanol–water partition coefficient (Wildman–Crippen LogP) is 5.89. The van der Waals surface area contributed by atoms with Gasteiger partial charge in [-0.25, -0.2) is 4.39 Å². The standard InChI is InChI=1S/C15H19Cl2F/c1-9-7-10(12(16)8-13(9)18)14(17)11-5-4-6-15(11,2)3/h7-8,11,14H,4-6H2,1-3H3. The first-order valence-electron chi connectivity index (χ1n) is 6.42. The van der Waals surface area contributed by atoms with Gasteiger partial charge in [0.1, 0.15) is 5.82 Å². The van der Waals surface area contributed by atoms with Crippen molar-refractivity contribution in [1.29, 1.82) is 0 Å². The van der Waals surface area contributed by atoms with Crippen LogP contribution in [0.15, 0.2) is 12.1 Å². The van der Waals surface area contributed by atoms with Crippen LogP contribution in [-0.4, -0.2) is 0 Å². The Labute approximate surface area is 118 Å². The molecule has 0 spiro atoms. The molecule has 0 heterocycles. The van der Waals surface area contributed by atoms with Gasteiger partial charge in [-0.2, -0.15) is 0 Å². The number of hydrogen-bond donors (Lipinski definition) is 0. The number of alkyl halides is 1. The molecule has 1 saturated carbocycles. The Morgan fingerprint density at radius 3 is 2.61 bits per heavy atom. The third-order valence-corrected chi connectivity index (χ3v) is 5.13. The summed E-state index contributed by atoms with van der Waals surface area (Å²) < 4.78 is 13.4. The minimum Gasteiger partial charge on any atom is -0.207 e. The lowest BCUT2D eigenvalue weighted by Gasteiger charge is -2.31. The lowest BCUT2D eigenvalue weighted by molar-refractivity contribution is 0.252. The van der Waals surface area contributed by atoms with E-state index in [0.717, 1.165) is 12.0 Å². The zero-order valence-corrected chi connectivity index (χ0v) is 12.6. The smallest absolute Gasteiger partial charge is 0.127 e. The van der Waals surface area contributed by atoms with E-state index in [0.29, 0.717) is 16.5 Å². The number of halogens is 3. The lowest BCUT2D eigenvalue weighted by atomic mass is 9.78. The Morgan fingerprint density at radius 2 is 2.06 bits per heavy atom. The number of rotatable bonds is 2. The topological polar surface area (TPSA) is 0 Å². The summed E-state index contributed by atoms with van der Waals surface area (Å²) in [5.41, 5.74) is 1.71. The molecule has 18 heavy (non-hydrogen) atoms. The molecule has 0 aromatic heterocycles. The molecule has 1 aromatic rings. The zero-order valence-electron chi connectivity index (χ0n) is 11.1. The molecule has 100 valence electrons. The van der Waals surface area contributed by atoms with Crippen LogP contribution in [0.25, 0.3) is 0 Å². The summed E-state index contributed by atoms with van der Waals surface area (Å²) in [6, 6.07) is 3.17. The van der Waals surface area contributed by atoms with Crippen LogP contribution in [0.5, 0.6) is 0 Å². The average molecular weight is 289 g/mol. The van der Waals surface area contributed by atoms with Gasteiger partial charge in [0.15, 0.2) is 0 Å². The third-order valence-electron chi connectivity index (χ3n) is 4.27. The molecule has 0 radical (unpaired) electrons. The van der Waals surface area contributed by atoms with Crippen LogP contribution in [0.2, 0.25) is 5.02 Å². The molecule has 0 nitrogen and oxygen atoms in total. The highest BCUT2D eigenvalue weighted by molar-refractivity contribution is 6.32. The molecule has 2 unspecified atom stereocenters. The second kappa shape index (κ2) is 5.02. The summed E-state index contributed by atoms with van der Waals surface area (Å²) in [6.07, 6.45) is 3.52. The van der Waals surface area contributed by atoms with Crippen LogP contribution in [-0.2, 0) is 0 Å². The second-order valence-electron chi connectivity index (χ2n) is 6.01. The van der Waals surface area contributed by atoms with Crippen molar-refractivity contribution in [3.8, 4) is 0 Å². The molecule has 2 atom stereocenters. The van der Waals surface area contributed by atoms with Crippen LogP contribution in [0.4, 0.5) is 4.39 Å². The van der Waals surface area contributed by atoms with E-state index >= 15 is 0 Å². The Balaban J connectivity index is 2.34. The SMILES string of the molecule is Cc1cc(C(Cl)C2CCCC2(C)C)c(Cl)cc1F. The van der Waals surface area contributed by atoms with E-state index in [9.17, 15) is 4.39 Å². The number of aryl methyl sites for hydroxylation is 1. The maximum atomic E-state index is 13.4. The summed E-state index contributed by atoms with van der Waals surface area (Å²) in [5, 5.41) is 0.315. The number of hydrogen-bond acceptors (Lipinski definition) is 0. The highest BCUT2D eigenvalue weighted by Crippen LogP contribution is 2.52. The van der Waals surface area contributed by atoms with Crippen molar-refractivity contribution < 1.29 is 4.39 Å². The quantitative estimate of drug-likeness (QED) is 0.595. The van der Waals surface area contributed by atoms with Gasteiger partial charge in [-0.15, -0.1) is 11.6 Å². The molecule has 0 N–H and O–H groups in total. The van der Waals surface area contributed by atoms with Crippen LogP contribution in [0.1, 0.15) is 49.6 Å². The maximum Gasteiger partial charge on any atom is 0.127 e. The van der Waals surface area contributed by atoms with Crippen molar-refractivity contribution in [2.45, 2.75) is 45.4 Å². The molecular formula is C15H19Cl2F. The minimum absolute atomic E-state index is 0.130. The van der Waals surface area contributed by atoms with Crippen molar-refractivity contribution in [2.24, 2.45) is 11.3 Å². The Morgan fingerprint density at radius 1 is 1.39 bits per heavy atom. The molecule has 0 saturated heterocycles. The van der Waals surface area contributed by atoms with Gasteiger partial charge in [-0.05, 0) is 48.3 Å². The van der Waals surface area contributed by atoms with Crippen LogP contribution < -0.4 is 0 Å². The highest BCUT2D eigenvalue weighted by atomic mass is 35.5. The van der Waals surface area contributed by atoms with Crippen molar-refractivity contribution in [3.63, 3.8) is 0 Å². The molecule has 0 bridgehead atoms. The maximum absolute atomic E-state index is 13.4. The first-order valence-corrected chi connectivity index (χ1v) is 7.24. The van der Waals surface area contributed by atoms with Gasteiger partial charge >= 0.3 is 0 Å². The largest absolute Gasteiger partial charge is 0.207 e. The summed E-state index contributed by atoms with van der Waals surface area (Å²) in [7, 11) is 0. The fourth-order valence-electron chi connectivity index (χ4n) is 3.00. The average Bonchev–Trinajstić information content (AvgIpc) is 2.62. The van der Waals surface area contributed by atoms with Crippen LogP contribution in [0.3, 0.4) is 0 Å². The summed E-state index contributed by atoms with van der Waals surface area (Å²) in [4.78, 5) is 0. The van der Waals surface area contributed by atoms with Gasteiger partial charge in [0.25, 0.3) is 0 Å². The minimum atomic E-state index is -0.265. The van der Waals surface area contributed by atoms with Crippen LogP contribution >= 0.6 is 23.2 Å². The van der Waals surface area contributed by atoms with Crippen molar-refractivity contribution in [3.05, 3.63) is 34.1 Å². The molecule has 3 heteroatoms. The molecule has 2 rings (SSSR count). The highest BCUT2D eigenvalue weighted by Gasteiger charge is 2.40. The zero-order chi connectivity index (χ0) is 13.5. The van der Waals surface area contributed by atoms with Gasteiger partial charge in [0.05, 0.1) is 5.38 Å². The third kappa shape index (κ3) is 2.53. The van der Waals surface area contributed by atoms with E-state index in [4.69, 9.17) is 23.2 Å². The predicted molar refractivity (Wildman–Crippen MR) is 75.9 cm³/mol. The van der Waals surface area contributed by atoms with E-state index in [1.54, 1.807) is 13.0 Å². The van der Waals surface area contributed by atoms with Gasteiger partial charge < -0.3 is 0 Å². The molecule has 1 fully saturated rings. The number of benzene rings is 1. The molecule has 1 aromatic carbocycles. The van der Waals surface area contributed by atoms with Crippen molar-refractivity contribution in [1.82, 2.24) is 0 Å². The summed E-state index contributed by atoms with van der Waals surface area (Å²) in [6.45, 7) is 6.26. The molecular weight excluding hydrogens is 270 g/mol. The monoisotopic (exact) mass is 288 g/mol. The fourth-order valence-corrected chi connectivity index (χ4v) is 3.98. The lowest BCUT2D eigenvalue weighted by Crippen LogP contribution is -2.21. The molecule has 0 aliphatic heterocycles. The van der Waals surface area contributed by atoms with E-state index in [2.05, 4.69) is 13.8 Å². The summed E-state index contributed by atoms with van der Waals surface area (Å²) >= 11 is 12.8. The van der Waals surface area contributed by atoms with Crippen LogP contribution in [0, 0.1) is 24.1 Å². The van der Waals surface area contributed by atoms with E-state index in [1.807, 2.05) is 0 Å². The first kappa shape index (κ1) is 14.1. The van der Waals surface area contributed by atoms with E-state index in [-0.39, 0.29) is 16.6 Å². The van der Waals surface area contributed by atoms with Gasteiger partial charge in [0.2, 0.25) is 0 Å². The van der Waals surface area contributed by atoms with Crippen molar-refractivity contribution >= 4 is 23.2 Å². The first-order chi connectivity index (χ1) is 8.33. The molecule has 1 aliphatic carbocycles. The fraction of sp³-hybridized carbons (Fsp3) is 0.600. The Hall–Kier alpha value is -0.270.